The molecule has 1 aliphatic carbocycles. The Morgan fingerprint density at radius 2 is 1.78 bits per heavy atom. The Labute approximate surface area is 392 Å². The summed E-state index contributed by atoms with van der Waals surface area (Å²) in [7, 11) is 9.74. The molecular formula is C42H48BBrN9O13P+2. The average molecular weight is 1010 g/mol. The summed E-state index contributed by atoms with van der Waals surface area (Å²) in [5.74, 6) is -1.12. The summed E-state index contributed by atoms with van der Waals surface area (Å²) in [4.78, 5) is 72.1. The molecule has 5 unspecified atom stereocenters. The van der Waals surface area contributed by atoms with Crippen LogP contribution in [0.3, 0.4) is 0 Å². The molecule has 2 fully saturated rings. The number of benzene rings is 3. The summed E-state index contributed by atoms with van der Waals surface area (Å²) in [5.41, 5.74) is 8.82. The lowest BCUT2D eigenvalue weighted by atomic mass is 9.89. The van der Waals surface area contributed by atoms with E-state index in [4.69, 9.17) is 45.7 Å². The van der Waals surface area contributed by atoms with E-state index in [1.165, 1.54) is 11.0 Å². The van der Waals surface area contributed by atoms with Crippen molar-refractivity contribution >= 4 is 83.4 Å². The average Bonchev–Trinajstić information content (AvgIpc) is 3.79. The molecule has 3 aromatic rings. The Morgan fingerprint density at radius 1 is 1.04 bits per heavy atom. The summed E-state index contributed by atoms with van der Waals surface area (Å²) in [6.45, 7) is 0.582. The fourth-order valence-electron chi connectivity index (χ4n) is 7.89. The third-order valence-electron chi connectivity index (χ3n) is 11.1. The number of nitrogens with zero attached hydrogens (tertiary/aromatic N) is 4. The quantitative estimate of drug-likeness (QED) is 0.0150. The number of halogens is 1. The SMILES string of the molecule is [B][P+]1(O)OCC2OC(N3c4nc(N)[nH]c(=O)c4NC3Br)C(OC(=O)NCCOCCOCCNC(=O)c3ccc(-c4c5ccc(=[N+](C)C)cc-5oc5cc(N(C)C)ccc45)c(C(=O)O)c3)[C@@H]2O1. The number of carbonyl (C=O) groups excluding carboxylic acids is 2. The molecule has 1 aromatic heterocycles. The number of fused-ring (bicyclic) bond motifs is 4. The lowest BCUT2D eigenvalue weighted by Gasteiger charge is -2.32. The molecule has 2 radical (unpaired) electrons. The summed E-state index contributed by atoms with van der Waals surface area (Å²) < 4.78 is 42.3. The van der Waals surface area contributed by atoms with E-state index in [9.17, 15) is 29.2 Å². The zero-order valence-corrected chi connectivity index (χ0v) is 39.2. The molecule has 5 heterocycles. The number of aromatic carboxylic acids is 1. The first-order valence-electron chi connectivity index (χ1n) is 20.9. The van der Waals surface area contributed by atoms with E-state index in [1.54, 1.807) is 12.1 Å². The van der Waals surface area contributed by atoms with E-state index in [0.717, 1.165) is 22.0 Å². The summed E-state index contributed by atoms with van der Waals surface area (Å²) in [5, 5.41) is 19.6. The zero-order valence-electron chi connectivity index (χ0n) is 36.7. The maximum Gasteiger partial charge on any atom is 0.488 e. The molecule has 25 heteroatoms. The Hall–Kier alpha value is -5.85. The molecule has 8 N–H and O–H groups in total. The van der Waals surface area contributed by atoms with Crippen molar-refractivity contribution in [1.29, 1.82) is 0 Å². The maximum atomic E-state index is 13.2. The zero-order chi connectivity index (χ0) is 47.7. The number of hydrogen-bond donors (Lipinski definition) is 7. The maximum absolute atomic E-state index is 13.2. The molecule has 0 spiro atoms. The van der Waals surface area contributed by atoms with Crippen molar-refractivity contribution < 1.29 is 56.8 Å². The number of alkyl halides is 1. The third kappa shape index (κ3) is 10.2. The molecular weight excluding hydrogens is 960 g/mol. The van der Waals surface area contributed by atoms with Crippen LogP contribution in [-0.4, -0.2) is 149 Å². The molecule has 8 rings (SSSR count). The highest BCUT2D eigenvalue weighted by Gasteiger charge is 2.61. The van der Waals surface area contributed by atoms with Gasteiger partial charge in [-0.15, -0.1) is 0 Å². The van der Waals surface area contributed by atoms with E-state index >= 15 is 0 Å². The van der Waals surface area contributed by atoms with Gasteiger partial charge in [-0.1, -0.05) is 6.07 Å². The van der Waals surface area contributed by atoms with Gasteiger partial charge in [-0.3, -0.25) is 19.5 Å². The number of H-pyrrole nitrogens is 1. The second-order valence-electron chi connectivity index (χ2n) is 16.0. The van der Waals surface area contributed by atoms with Gasteiger partial charge in [-0.2, -0.15) is 14.0 Å². The standard InChI is InChI=1S/C42H47BBrN9O13P/c1-51(2)22-6-9-25-28(18-22)63-29-19-23(52(3)4)7-10-26(29)31(25)24-8-5-21(17-27(24)39(56)57)36(54)46-11-13-60-15-16-61-14-12-47-42(58)65-34-33-30(20-62-67(43,59)66-33)64-38(34)53-35-32(48-40(53)44)37(55)50-41(45)49-35/h5-10,17-19,30,33-34,38,40,46,59H,11-16,20H2,1-4H3,(H5,45,47,50,54,55,56,57,58)/q+1/p+1/t30?,33-,34?,38?,40?,67?/m1/s1. The van der Waals surface area contributed by atoms with Gasteiger partial charge in [0, 0.05) is 67.1 Å². The highest BCUT2D eigenvalue weighted by atomic mass is 79.9. The molecule has 0 saturated carbocycles. The predicted molar refractivity (Wildman–Crippen MR) is 251 cm³/mol. The van der Waals surface area contributed by atoms with Crippen LogP contribution in [0.5, 0.6) is 0 Å². The molecule has 67 heavy (non-hydrogen) atoms. The van der Waals surface area contributed by atoms with Gasteiger partial charge in [0.05, 0.1) is 38.1 Å². The molecule has 352 valence electrons. The lowest BCUT2D eigenvalue weighted by molar-refractivity contribution is -0.0445. The molecule has 2 aromatic carbocycles. The molecule has 4 aliphatic heterocycles. The number of carboxylic acids is 1. The first kappa shape index (κ1) is 47.6. The number of ether oxygens (including phenoxy) is 4. The molecule has 0 bridgehead atoms. The second kappa shape index (κ2) is 19.8. The van der Waals surface area contributed by atoms with Crippen LogP contribution >= 0.6 is 23.8 Å². The Morgan fingerprint density at radius 3 is 2.49 bits per heavy atom. The molecule has 2 amide bonds. The molecule has 22 nitrogen and oxygen atoms in total. The molecule has 2 saturated heterocycles. The van der Waals surface area contributed by atoms with Crippen LogP contribution in [0.2, 0.25) is 0 Å². The van der Waals surface area contributed by atoms with Gasteiger partial charge in [-0.25, -0.2) is 19.1 Å². The highest BCUT2D eigenvalue weighted by molar-refractivity contribution is 9.09. The van der Waals surface area contributed by atoms with Crippen molar-refractivity contribution in [1.82, 2.24) is 25.2 Å². The number of carboxylic acid groups (broad SMARTS) is 1. The van der Waals surface area contributed by atoms with Gasteiger partial charge in [0.15, 0.2) is 29.3 Å². The second-order valence-corrected chi connectivity index (χ2v) is 18.5. The molecule has 5 aliphatic rings. The van der Waals surface area contributed by atoms with E-state index < -0.39 is 61.0 Å². The minimum Gasteiger partial charge on any atom is -0.478 e. The number of alkyl carbamates (subject to hydrolysis) is 1. The lowest BCUT2D eigenvalue weighted by Crippen LogP contribution is -2.51. The number of nitrogens with two attached hydrogens (primary N) is 1. The predicted octanol–water partition coefficient (Wildman–Crippen LogP) is 2.11. The van der Waals surface area contributed by atoms with Crippen molar-refractivity contribution in [2.45, 2.75) is 29.6 Å². The number of aromatic amines is 1. The van der Waals surface area contributed by atoms with Crippen molar-refractivity contribution in [3.05, 3.63) is 81.4 Å². The molecule has 6 atom stereocenters. The number of hydrogen-bond acceptors (Lipinski definition) is 17. The number of anilines is 4. The number of rotatable bonds is 15. The van der Waals surface area contributed by atoms with Gasteiger partial charge in [0.2, 0.25) is 11.3 Å². The number of aromatic nitrogens is 2. The van der Waals surface area contributed by atoms with Gasteiger partial charge >= 0.3 is 27.5 Å². The Kier molecular flexibility index (Phi) is 14.1. The van der Waals surface area contributed by atoms with Crippen LogP contribution in [0.1, 0.15) is 20.7 Å². The van der Waals surface area contributed by atoms with Gasteiger partial charge in [0.1, 0.15) is 43.8 Å². The normalized spacial score (nSPS) is 21.9. The van der Waals surface area contributed by atoms with Crippen LogP contribution in [0.4, 0.5) is 27.9 Å². The van der Waals surface area contributed by atoms with Gasteiger partial charge in [-0.05, 0) is 51.8 Å². The van der Waals surface area contributed by atoms with E-state index in [-0.39, 0.29) is 74.7 Å². The fourth-order valence-corrected chi connectivity index (χ4v) is 9.57. The van der Waals surface area contributed by atoms with E-state index in [1.807, 2.05) is 74.1 Å². The topological polar surface area (TPSA) is 278 Å². The third-order valence-corrected chi connectivity index (χ3v) is 12.8. The monoisotopic (exact) mass is 1010 g/mol. The van der Waals surface area contributed by atoms with E-state index in [2.05, 4.69) is 41.8 Å². The van der Waals surface area contributed by atoms with Crippen molar-refractivity contribution in [3.8, 4) is 22.5 Å². The Bertz CT molecular complexity index is 2810. The summed E-state index contributed by atoms with van der Waals surface area (Å²) >= 11 is 3.45. The van der Waals surface area contributed by atoms with Crippen LogP contribution in [0.15, 0.2) is 63.8 Å². The first-order valence-corrected chi connectivity index (χ1v) is 23.5. The van der Waals surface area contributed by atoms with Gasteiger partial charge < -0.3 is 55.1 Å². The first-order chi connectivity index (χ1) is 32.0. The summed E-state index contributed by atoms with van der Waals surface area (Å²) in [6.07, 6.45) is -4.98. The van der Waals surface area contributed by atoms with Crippen LogP contribution < -0.4 is 47.0 Å². The highest BCUT2D eigenvalue weighted by Crippen LogP contribution is 2.58. The Balaban J connectivity index is 0.816. The van der Waals surface area contributed by atoms with E-state index in [0.29, 0.717) is 22.5 Å². The number of amides is 2. The summed E-state index contributed by atoms with van der Waals surface area (Å²) in [6, 6.07) is 16.1. The number of carbonyl (C=O) groups is 3. The fraction of sp³-hybridized carbons (Fsp3) is 0.381. The van der Waals surface area contributed by atoms with Crippen LogP contribution in [-0.2, 0) is 28.0 Å². The largest absolute Gasteiger partial charge is 0.488 e. The number of nitrogen functional groups attached to an aromatic ring is 1. The number of nitrogens with one attached hydrogen (secondary N) is 4. The van der Waals surface area contributed by atoms with Crippen LogP contribution in [0, 0.1) is 0 Å². The van der Waals surface area contributed by atoms with Crippen LogP contribution in [0.25, 0.3) is 33.4 Å². The van der Waals surface area contributed by atoms with Gasteiger partial charge in [0.25, 0.3) is 11.5 Å². The smallest absolute Gasteiger partial charge is 0.478 e. The van der Waals surface area contributed by atoms with Crippen molar-refractivity contribution in [3.63, 3.8) is 0 Å². The minimum atomic E-state index is -3.75. The van der Waals surface area contributed by atoms with Crippen molar-refractivity contribution in [2.75, 3.05) is 95.2 Å². The minimum absolute atomic E-state index is 0.0413. The van der Waals surface area contributed by atoms with Crippen molar-refractivity contribution in [2.24, 2.45) is 0 Å².